The van der Waals surface area contributed by atoms with Crippen LogP contribution in [0.4, 0.5) is 8.78 Å². The zero-order chi connectivity index (χ0) is 17.1. The minimum absolute atomic E-state index is 0. The molecular formula is C19H18F2N4. The van der Waals surface area contributed by atoms with Gasteiger partial charge in [-0.3, -0.25) is 4.40 Å². The smallest absolute Gasteiger partial charge is 0.173 e. The third kappa shape index (κ3) is 2.27. The highest BCUT2D eigenvalue weighted by atomic mass is 19.1. The number of halogens is 2. The summed E-state index contributed by atoms with van der Waals surface area (Å²) in [5.74, 6) is 0.954. The largest absolute Gasteiger partial charge is 0.298 e. The Morgan fingerprint density at radius 3 is 2.88 bits per heavy atom. The van der Waals surface area contributed by atoms with Crippen LogP contribution in [0.25, 0.3) is 11.2 Å². The van der Waals surface area contributed by atoms with E-state index < -0.39 is 12.0 Å². The molecule has 128 valence electrons. The van der Waals surface area contributed by atoms with Crippen molar-refractivity contribution in [2.45, 2.75) is 38.3 Å². The number of imidazole rings is 1. The zero-order valence-corrected chi connectivity index (χ0v) is 13.7. The second-order valence-electron chi connectivity index (χ2n) is 6.75. The van der Waals surface area contributed by atoms with Crippen LogP contribution in [0.5, 0.6) is 0 Å². The van der Waals surface area contributed by atoms with E-state index in [0.29, 0.717) is 23.6 Å². The lowest BCUT2D eigenvalue weighted by molar-refractivity contribution is 0.364. The van der Waals surface area contributed by atoms with E-state index in [4.69, 9.17) is 0 Å². The maximum Gasteiger partial charge on any atom is 0.173 e. The molecule has 0 saturated heterocycles. The van der Waals surface area contributed by atoms with Crippen LogP contribution in [0.2, 0.25) is 0 Å². The van der Waals surface area contributed by atoms with E-state index in [2.05, 4.69) is 15.0 Å². The first-order chi connectivity index (χ1) is 12.1. The molecule has 0 N–H and O–H groups in total. The van der Waals surface area contributed by atoms with Gasteiger partial charge in [0.2, 0.25) is 0 Å². The van der Waals surface area contributed by atoms with Crippen molar-refractivity contribution in [2.75, 3.05) is 0 Å². The number of alkyl halides is 1. The van der Waals surface area contributed by atoms with Crippen molar-refractivity contribution in [2.24, 2.45) is 0 Å². The Labute approximate surface area is 144 Å². The summed E-state index contributed by atoms with van der Waals surface area (Å²) in [6, 6.07) is 1.45. The molecule has 0 spiro atoms. The van der Waals surface area contributed by atoms with Crippen molar-refractivity contribution >= 4 is 11.2 Å². The van der Waals surface area contributed by atoms with Crippen molar-refractivity contribution in [3.05, 3.63) is 64.9 Å². The van der Waals surface area contributed by atoms with E-state index in [9.17, 15) is 8.78 Å². The summed E-state index contributed by atoms with van der Waals surface area (Å²) in [6.45, 7) is 1.42. The zero-order valence-electron chi connectivity index (χ0n) is 13.7. The van der Waals surface area contributed by atoms with E-state index in [1.165, 1.54) is 23.6 Å². The lowest BCUT2D eigenvalue weighted by Crippen LogP contribution is -2.01. The second-order valence-corrected chi connectivity index (χ2v) is 6.75. The molecule has 6 heteroatoms. The third-order valence-electron chi connectivity index (χ3n) is 4.93. The molecule has 1 atom stereocenters. The molecule has 1 unspecified atom stereocenters. The van der Waals surface area contributed by atoms with Gasteiger partial charge in [-0.05, 0) is 31.4 Å². The first kappa shape index (κ1) is 14.7. The van der Waals surface area contributed by atoms with Gasteiger partial charge in [-0.2, -0.15) is 0 Å². The molecule has 3 heterocycles. The molecule has 3 aromatic rings. The van der Waals surface area contributed by atoms with Crippen LogP contribution < -0.4 is 0 Å². The van der Waals surface area contributed by atoms with Gasteiger partial charge in [0.05, 0.1) is 17.6 Å². The Morgan fingerprint density at radius 1 is 1.28 bits per heavy atom. The minimum Gasteiger partial charge on any atom is -0.298 e. The predicted octanol–water partition coefficient (Wildman–Crippen LogP) is 4.41. The monoisotopic (exact) mass is 340 g/mol. The molecular weight excluding hydrogens is 322 g/mol. The summed E-state index contributed by atoms with van der Waals surface area (Å²) in [6.07, 6.45) is 8.80. The maximum atomic E-state index is 14.5. The van der Waals surface area contributed by atoms with Crippen LogP contribution in [-0.2, 0) is 6.42 Å². The molecule has 0 bridgehead atoms. The van der Waals surface area contributed by atoms with Crippen LogP contribution in [0.1, 0.15) is 61.6 Å². The molecule has 2 aliphatic rings. The summed E-state index contributed by atoms with van der Waals surface area (Å²) in [5.41, 5.74) is 3.98. The SMILES string of the molecule is CC(F)c1cnc2c(F)cc(C3=CCc4nc(C5CC5)ncc43)cn12.[HH]. The van der Waals surface area contributed by atoms with Gasteiger partial charge in [0, 0.05) is 37.3 Å². The number of aromatic nitrogens is 4. The number of allylic oxidation sites excluding steroid dienone is 1. The van der Waals surface area contributed by atoms with Crippen LogP contribution in [0, 0.1) is 5.82 Å². The van der Waals surface area contributed by atoms with Gasteiger partial charge in [-0.15, -0.1) is 0 Å². The maximum absolute atomic E-state index is 14.5. The highest BCUT2D eigenvalue weighted by Crippen LogP contribution is 2.40. The summed E-state index contributed by atoms with van der Waals surface area (Å²) < 4.78 is 29.7. The molecule has 0 radical (unpaired) electrons. The van der Waals surface area contributed by atoms with Gasteiger partial charge >= 0.3 is 0 Å². The molecule has 3 aromatic heterocycles. The number of rotatable bonds is 3. The van der Waals surface area contributed by atoms with Gasteiger partial charge in [-0.1, -0.05) is 6.08 Å². The fourth-order valence-electron chi connectivity index (χ4n) is 3.44. The fraction of sp³-hybridized carbons (Fsp3) is 0.316. The molecule has 2 aliphatic carbocycles. The Morgan fingerprint density at radius 2 is 2.12 bits per heavy atom. The first-order valence-corrected chi connectivity index (χ1v) is 8.49. The summed E-state index contributed by atoms with van der Waals surface area (Å²) in [5, 5.41) is 0. The van der Waals surface area contributed by atoms with Gasteiger partial charge in [0.1, 0.15) is 12.0 Å². The number of nitrogens with zero attached hydrogens (tertiary/aromatic N) is 4. The Bertz CT molecular complexity index is 1040. The topological polar surface area (TPSA) is 43.1 Å². The fourth-order valence-corrected chi connectivity index (χ4v) is 3.44. The Kier molecular flexibility index (Phi) is 3.04. The average Bonchev–Trinajstić information content (AvgIpc) is 3.21. The van der Waals surface area contributed by atoms with Crippen LogP contribution in [-0.4, -0.2) is 19.4 Å². The number of hydrogen-bond acceptors (Lipinski definition) is 3. The highest BCUT2D eigenvalue weighted by Gasteiger charge is 2.28. The Balaban J connectivity index is 0.00000168. The molecule has 1 saturated carbocycles. The van der Waals surface area contributed by atoms with E-state index in [1.807, 2.05) is 12.3 Å². The van der Waals surface area contributed by atoms with E-state index >= 15 is 0 Å². The lowest BCUT2D eigenvalue weighted by atomic mass is 10.0. The lowest BCUT2D eigenvalue weighted by Gasteiger charge is -2.10. The average molecular weight is 340 g/mol. The molecule has 0 aliphatic heterocycles. The van der Waals surface area contributed by atoms with E-state index in [1.54, 1.807) is 6.20 Å². The standard InChI is InChI=1S/C19H16F2N4.H2/c1-10(20)17-8-23-19-15(21)6-12(9-25(17)19)13-4-5-16-14(13)7-22-18(24-16)11-2-3-11;/h4,6-11H,2-3,5H2,1H3;1H. The van der Waals surface area contributed by atoms with Gasteiger partial charge in [0.25, 0.3) is 0 Å². The van der Waals surface area contributed by atoms with Crippen molar-refractivity contribution in [3.8, 4) is 0 Å². The quantitative estimate of drug-likeness (QED) is 0.709. The van der Waals surface area contributed by atoms with Crippen LogP contribution in [0.3, 0.4) is 0 Å². The predicted molar refractivity (Wildman–Crippen MR) is 91.6 cm³/mol. The highest BCUT2D eigenvalue weighted by molar-refractivity contribution is 5.83. The molecule has 4 nitrogen and oxygen atoms in total. The van der Waals surface area contributed by atoms with Gasteiger partial charge in [0.15, 0.2) is 11.5 Å². The van der Waals surface area contributed by atoms with Gasteiger partial charge in [-0.25, -0.2) is 23.7 Å². The number of hydrogen-bond donors (Lipinski definition) is 0. The first-order valence-electron chi connectivity index (χ1n) is 8.49. The molecule has 25 heavy (non-hydrogen) atoms. The number of fused-ring (bicyclic) bond motifs is 2. The summed E-state index contributed by atoms with van der Waals surface area (Å²) in [4.78, 5) is 13.2. The van der Waals surface area contributed by atoms with Crippen molar-refractivity contribution in [3.63, 3.8) is 0 Å². The van der Waals surface area contributed by atoms with Crippen molar-refractivity contribution in [1.82, 2.24) is 19.4 Å². The Hall–Kier alpha value is -2.63. The van der Waals surface area contributed by atoms with Gasteiger partial charge < -0.3 is 0 Å². The van der Waals surface area contributed by atoms with Crippen molar-refractivity contribution in [1.29, 1.82) is 0 Å². The number of pyridine rings is 1. The normalized spacial score (nSPS) is 17.6. The van der Waals surface area contributed by atoms with E-state index in [0.717, 1.165) is 35.5 Å². The molecule has 0 aromatic carbocycles. The second kappa shape index (κ2) is 5.18. The van der Waals surface area contributed by atoms with Crippen LogP contribution in [0.15, 0.2) is 30.7 Å². The third-order valence-corrected chi connectivity index (χ3v) is 4.93. The van der Waals surface area contributed by atoms with E-state index in [-0.39, 0.29) is 7.07 Å². The minimum atomic E-state index is -1.22. The molecule has 0 amide bonds. The summed E-state index contributed by atoms with van der Waals surface area (Å²) >= 11 is 0. The summed E-state index contributed by atoms with van der Waals surface area (Å²) in [7, 11) is 0. The molecule has 5 rings (SSSR count). The van der Waals surface area contributed by atoms with Crippen LogP contribution >= 0.6 is 0 Å². The molecule has 1 fully saturated rings. The van der Waals surface area contributed by atoms with Crippen molar-refractivity contribution < 1.29 is 10.2 Å².